The van der Waals surface area contributed by atoms with Gasteiger partial charge in [0, 0.05) is 6.04 Å². The normalized spacial score (nSPS) is 15.9. The Morgan fingerprint density at radius 1 is 1.53 bits per heavy atom. The topological polar surface area (TPSA) is 119 Å². The van der Waals surface area contributed by atoms with Crippen LogP contribution in [0.3, 0.4) is 0 Å². The lowest BCUT2D eigenvalue weighted by atomic mass is 10.1. The molecule has 0 saturated heterocycles. The summed E-state index contributed by atoms with van der Waals surface area (Å²) < 4.78 is 0. The Morgan fingerprint density at radius 2 is 2.21 bits per heavy atom. The monoisotopic (exact) mass is 266 g/mol. The molecule has 1 fully saturated rings. The van der Waals surface area contributed by atoms with E-state index in [-0.39, 0.29) is 23.4 Å². The molecule has 1 atom stereocenters. The minimum atomic E-state index is -0.526. The van der Waals surface area contributed by atoms with E-state index >= 15 is 0 Å². The van der Waals surface area contributed by atoms with Gasteiger partial charge in [-0.2, -0.15) is 0 Å². The standard InChI is InChI=1S/C11H18N6O2/c1-2-8(5-7-3-4-7)15-10-9(17(18)19)11(16-12)14-6-13-10/h6-8H,2-5,12H2,1H3,(H2,13,14,15,16). The van der Waals surface area contributed by atoms with Crippen LogP contribution in [-0.4, -0.2) is 20.9 Å². The van der Waals surface area contributed by atoms with Crippen molar-refractivity contribution in [2.45, 2.75) is 38.6 Å². The predicted octanol–water partition coefficient (Wildman–Crippen LogP) is 1.66. The predicted molar refractivity (Wildman–Crippen MR) is 71.5 cm³/mol. The molecule has 0 spiro atoms. The Balaban J connectivity index is 2.19. The maximum atomic E-state index is 11.1. The molecule has 0 aromatic carbocycles. The summed E-state index contributed by atoms with van der Waals surface area (Å²) in [4.78, 5) is 18.3. The minimum Gasteiger partial charge on any atom is -0.361 e. The summed E-state index contributed by atoms with van der Waals surface area (Å²) in [6.45, 7) is 2.05. The zero-order chi connectivity index (χ0) is 13.8. The molecular weight excluding hydrogens is 248 g/mol. The van der Waals surface area contributed by atoms with Crippen molar-refractivity contribution >= 4 is 17.3 Å². The van der Waals surface area contributed by atoms with Crippen LogP contribution in [0.4, 0.5) is 17.3 Å². The Hall–Kier alpha value is -1.96. The molecule has 8 nitrogen and oxygen atoms in total. The minimum absolute atomic E-state index is 0.0174. The SMILES string of the molecule is CCC(CC1CC1)Nc1ncnc(NN)c1[N+](=O)[O-]. The van der Waals surface area contributed by atoms with Gasteiger partial charge in [0.15, 0.2) is 0 Å². The number of hydrazine groups is 1. The summed E-state index contributed by atoms with van der Waals surface area (Å²) in [5.41, 5.74) is 2.02. The molecule has 1 saturated carbocycles. The fourth-order valence-electron chi connectivity index (χ4n) is 2.04. The van der Waals surface area contributed by atoms with Crippen molar-refractivity contribution in [3.8, 4) is 0 Å². The molecule has 0 amide bonds. The van der Waals surface area contributed by atoms with Crippen LogP contribution in [0.2, 0.25) is 0 Å². The van der Waals surface area contributed by atoms with Gasteiger partial charge in [-0.05, 0) is 18.8 Å². The van der Waals surface area contributed by atoms with E-state index in [0.29, 0.717) is 0 Å². The van der Waals surface area contributed by atoms with E-state index < -0.39 is 4.92 Å². The van der Waals surface area contributed by atoms with E-state index in [4.69, 9.17) is 5.84 Å². The Kier molecular flexibility index (Phi) is 4.10. The number of nitrogens with two attached hydrogens (primary N) is 1. The number of anilines is 2. The largest absolute Gasteiger partial charge is 0.361 e. The second-order valence-corrected chi connectivity index (χ2v) is 4.75. The van der Waals surface area contributed by atoms with Gasteiger partial charge in [-0.3, -0.25) is 10.1 Å². The molecule has 1 aliphatic rings. The quantitative estimate of drug-likeness (QED) is 0.390. The van der Waals surface area contributed by atoms with Gasteiger partial charge < -0.3 is 10.7 Å². The fourth-order valence-corrected chi connectivity index (χ4v) is 2.04. The van der Waals surface area contributed by atoms with E-state index in [1.165, 1.54) is 19.2 Å². The molecule has 1 unspecified atom stereocenters. The van der Waals surface area contributed by atoms with Crippen LogP contribution in [0.1, 0.15) is 32.6 Å². The highest BCUT2D eigenvalue weighted by atomic mass is 16.6. The number of rotatable bonds is 7. The molecule has 1 aromatic rings. The molecule has 2 rings (SSSR count). The van der Waals surface area contributed by atoms with Gasteiger partial charge in [0.2, 0.25) is 11.6 Å². The Morgan fingerprint density at radius 3 is 2.74 bits per heavy atom. The first-order valence-electron chi connectivity index (χ1n) is 6.38. The number of aromatic nitrogens is 2. The molecule has 104 valence electrons. The first kappa shape index (κ1) is 13.5. The molecule has 1 aliphatic carbocycles. The van der Waals surface area contributed by atoms with Crippen LogP contribution < -0.4 is 16.6 Å². The van der Waals surface area contributed by atoms with E-state index in [0.717, 1.165) is 18.8 Å². The van der Waals surface area contributed by atoms with Gasteiger partial charge in [-0.1, -0.05) is 19.8 Å². The van der Waals surface area contributed by atoms with Crippen molar-refractivity contribution in [3.05, 3.63) is 16.4 Å². The number of nitrogens with zero attached hydrogens (tertiary/aromatic N) is 3. The average Bonchev–Trinajstić information content (AvgIpc) is 3.21. The number of hydrogen-bond acceptors (Lipinski definition) is 7. The van der Waals surface area contributed by atoms with Crippen LogP contribution >= 0.6 is 0 Å². The maximum absolute atomic E-state index is 11.1. The van der Waals surface area contributed by atoms with Crippen LogP contribution in [0.25, 0.3) is 0 Å². The van der Waals surface area contributed by atoms with E-state index in [1.807, 2.05) is 0 Å². The third-order valence-electron chi connectivity index (χ3n) is 3.29. The van der Waals surface area contributed by atoms with Crippen LogP contribution in [0.5, 0.6) is 0 Å². The van der Waals surface area contributed by atoms with Crippen molar-refractivity contribution < 1.29 is 4.92 Å². The fraction of sp³-hybridized carbons (Fsp3) is 0.636. The summed E-state index contributed by atoms with van der Waals surface area (Å²) in [7, 11) is 0. The van der Waals surface area contributed by atoms with Gasteiger partial charge in [0.05, 0.1) is 4.92 Å². The van der Waals surface area contributed by atoms with Gasteiger partial charge in [0.1, 0.15) is 6.33 Å². The zero-order valence-electron chi connectivity index (χ0n) is 10.8. The van der Waals surface area contributed by atoms with Gasteiger partial charge in [0.25, 0.3) is 0 Å². The molecule has 8 heteroatoms. The molecule has 1 heterocycles. The van der Waals surface area contributed by atoms with Gasteiger partial charge >= 0.3 is 5.69 Å². The van der Waals surface area contributed by atoms with Crippen LogP contribution in [0.15, 0.2) is 6.33 Å². The zero-order valence-corrected chi connectivity index (χ0v) is 10.8. The number of nitro groups is 1. The summed E-state index contributed by atoms with van der Waals surface area (Å²) in [6.07, 6.45) is 5.67. The Bertz CT molecular complexity index is 462. The first-order valence-corrected chi connectivity index (χ1v) is 6.38. The summed E-state index contributed by atoms with van der Waals surface area (Å²) >= 11 is 0. The lowest BCUT2D eigenvalue weighted by molar-refractivity contribution is -0.383. The highest BCUT2D eigenvalue weighted by Crippen LogP contribution is 2.36. The second kappa shape index (κ2) is 5.79. The van der Waals surface area contributed by atoms with E-state index in [2.05, 4.69) is 27.6 Å². The highest BCUT2D eigenvalue weighted by molar-refractivity contribution is 5.69. The average molecular weight is 266 g/mol. The summed E-state index contributed by atoms with van der Waals surface area (Å²) in [5.74, 6) is 6.22. The van der Waals surface area contributed by atoms with E-state index in [1.54, 1.807) is 0 Å². The molecule has 0 aliphatic heterocycles. The van der Waals surface area contributed by atoms with Crippen molar-refractivity contribution in [1.29, 1.82) is 0 Å². The van der Waals surface area contributed by atoms with Crippen LogP contribution in [0, 0.1) is 16.0 Å². The van der Waals surface area contributed by atoms with Crippen molar-refractivity contribution in [3.63, 3.8) is 0 Å². The smallest absolute Gasteiger partial charge is 0.354 e. The lowest BCUT2D eigenvalue weighted by Gasteiger charge is -2.17. The number of nitrogens with one attached hydrogen (secondary N) is 2. The molecule has 1 aromatic heterocycles. The van der Waals surface area contributed by atoms with E-state index in [9.17, 15) is 10.1 Å². The Labute approximate surface area is 110 Å². The molecule has 0 radical (unpaired) electrons. The highest BCUT2D eigenvalue weighted by Gasteiger charge is 2.28. The van der Waals surface area contributed by atoms with Crippen molar-refractivity contribution in [2.24, 2.45) is 11.8 Å². The summed E-state index contributed by atoms with van der Waals surface area (Å²) in [6, 6.07) is 0.187. The molecule has 0 bridgehead atoms. The van der Waals surface area contributed by atoms with Crippen molar-refractivity contribution in [2.75, 3.05) is 10.7 Å². The molecule has 4 N–H and O–H groups in total. The third-order valence-corrected chi connectivity index (χ3v) is 3.29. The van der Waals surface area contributed by atoms with Gasteiger partial charge in [-0.25, -0.2) is 15.8 Å². The maximum Gasteiger partial charge on any atom is 0.354 e. The van der Waals surface area contributed by atoms with Gasteiger partial charge in [-0.15, -0.1) is 0 Å². The second-order valence-electron chi connectivity index (χ2n) is 4.75. The molecule has 19 heavy (non-hydrogen) atoms. The number of hydrogen-bond donors (Lipinski definition) is 3. The number of nitrogen functional groups attached to an aromatic ring is 1. The van der Waals surface area contributed by atoms with Crippen molar-refractivity contribution in [1.82, 2.24) is 9.97 Å². The summed E-state index contributed by atoms with van der Waals surface area (Å²) in [5, 5.41) is 14.2. The third kappa shape index (κ3) is 3.28. The van der Waals surface area contributed by atoms with Crippen LogP contribution in [-0.2, 0) is 0 Å². The first-order chi connectivity index (χ1) is 9.15. The lowest BCUT2D eigenvalue weighted by Crippen LogP contribution is -2.22. The molecular formula is C11H18N6O2.